The molecular weight excluding hydrogens is 400 g/mol. The van der Waals surface area contributed by atoms with Crippen molar-refractivity contribution in [2.45, 2.75) is 90.0 Å². The van der Waals surface area contributed by atoms with Gasteiger partial charge in [-0.15, -0.1) is 0 Å². The number of esters is 1. The van der Waals surface area contributed by atoms with Crippen molar-refractivity contribution in [1.82, 2.24) is 10.2 Å². The minimum atomic E-state index is -1.07. The molecule has 2 amide bonds. The van der Waals surface area contributed by atoms with E-state index in [0.717, 1.165) is 12.8 Å². The van der Waals surface area contributed by atoms with Crippen LogP contribution in [-0.4, -0.2) is 70.8 Å². The van der Waals surface area contributed by atoms with Crippen molar-refractivity contribution in [1.29, 1.82) is 0 Å². The van der Waals surface area contributed by atoms with E-state index in [-0.39, 0.29) is 30.9 Å². The number of hydrogen-bond acceptors (Lipinski definition) is 6. The minimum Gasteiger partial charge on any atom is -0.466 e. The summed E-state index contributed by atoms with van der Waals surface area (Å²) in [5, 5.41) is 13.1. The molecule has 1 spiro atoms. The van der Waals surface area contributed by atoms with E-state index in [4.69, 9.17) is 9.47 Å². The summed E-state index contributed by atoms with van der Waals surface area (Å²) in [6, 6.07) is -1.40. The number of carbonyl (C=O) groups is 3. The number of unbranched alkanes of at least 4 members (excludes halogenated alkanes) is 1. The average molecular weight is 439 g/mol. The summed E-state index contributed by atoms with van der Waals surface area (Å²) < 4.78 is 12.0. The van der Waals surface area contributed by atoms with Crippen molar-refractivity contribution in [3.63, 3.8) is 0 Å². The van der Waals surface area contributed by atoms with Gasteiger partial charge in [-0.25, -0.2) is 0 Å². The number of ether oxygens (including phenoxy) is 2. The number of aliphatic hydroxyl groups excluding tert-OH is 1. The van der Waals surface area contributed by atoms with Crippen molar-refractivity contribution in [2.24, 2.45) is 17.8 Å². The van der Waals surface area contributed by atoms with Crippen LogP contribution >= 0.6 is 0 Å². The smallest absolute Gasteiger partial charge is 0.312 e. The van der Waals surface area contributed by atoms with Crippen LogP contribution in [0.2, 0.25) is 0 Å². The maximum Gasteiger partial charge on any atom is 0.312 e. The highest BCUT2D eigenvalue weighted by Crippen LogP contribution is 2.64. The van der Waals surface area contributed by atoms with E-state index in [9.17, 15) is 19.5 Å². The molecule has 8 nitrogen and oxygen atoms in total. The van der Waals surface area contributed by atoms with Gasteiger partial charge in [-0.3, -0.25) is 14.4 Å². The van der Waals surface area contributed by atoms with Crippen molar-refractivity contribution in [3.8, 4) is 0 Å². The van der Waals surface area contributed by atoms with Crippen LogP contribution in [0.1, 0.15) is 66.7 Å². The van der Waals surface area contributed by atoms with Crippen LogP contribution in [0, 0.1) is 17.8 Å². The van der Waals surface area contributed by atoms with Crippen LogP contribution in [0.3, 0.4) is 0 Å². The number of fused-ring (bicyclic) bond motifs is 1. The first-order valence-electron chi connectivity index (χ1n) is 11.8. The second-order valence-electron chi connectivity index (χ2n) is 9.47. The quantitative estimate of drug-likeness (QED) is 0.397. The molecule has 0 aliphatic carbocycles. The monoisotopic (exact) mass is 438 g/mol. The van der Waals surface area contributed by atoms with Crippen LogP contribution in [0.5, 0.6) is 0 Å². The molecule has 0 radical (unpaired) electrons. The predicted octanol–water partition coefficient (Wildman–Crippen LogP) is 1.64. The van der Waals surface area contributed by atoms with Crippen molar-refractivity contribution >= 4 is 17.8 Å². The molecule has 3 aliphatic rings. The van der Waals surface area contributed by atoms with Gasteiger partial charge in [0.05, 0.1) is 30.8 Å². The largest absolute Gasteiger partial charge is 0.466 e. The maximum absolute atomic E-state index is 13.8. The van der Waals surface area contributed by atoms with Gasteiger partial charge in [0.1, 0.15) is 17.6 Å². The lowest BCUT2D eigenvalue weighted by molar-refractivity contribution is -0.162. The molecule has 6 atom stereocenters. The number of amides is 2. The standard InChI is InChI=1S/C23H38N2O6/c1-6-9-12-24-19(27)18-23-11-10-22(7-2,31-23)17(21(29)30-8-3)16(23)20(28)25(18)15(13-26)14(4)5/h14-18,26H,6-13H2,1-5H3,(H,24,27)/t15-,16-,17-,18?,22+,23?/m0/s1. The van der Waals surface area contributed by atoms with E-state index in [1.165, 1.54) is 4.90 Å². The van der Waals surface area contributed by atoms with Crippen LogP contribution in [0.15, 0.2) is 0 Å². The third kappa shape index (κ3) is 3.55. The molecule has 0 aromatic heterocycles. The third-order valence-electron chi connectivity index (χ3n) is 7.55. The Morgan fingerprint density at radius 2 is 2.00 bits per heavy atom. The number of hydrogen-bond donors (Lipinski definition) is 2. The van der Waals surface area contributed by atoms with Crippen molar-refractivity contribution in [3.05, 3.63) is 0 Å². The molecule has 2 unspecified atom stereocenters. The molecule has 2 bridgehead atoms. The fraction of sp³-hybridized carbons (Fsp3) is 0.870. The number of carbonyl (C=O) groups excluding carboxylic acids is 3. The summed E-state index contributed by atoms with van der Waals surface area (Å²) >= 11 is 0. The molecule has 3 heterocycles. The molecule has 31 heavy (non-hydrogen) atoms. The van der Waals surface area contributed by atoms with E-state index in [1.54, 1.807) is 6.92 Å². The molecule has 3 rings (SSSR count). The van der Waals surface area contributed by atoms with E-state index in [0.29, 0.717) is 25.8 Å². The second-order valence-corrected chi connectivity index (χ2v) is 9.47. The fourth-order valence-electron chi connectivity index (χ4n) is 6.01. The number of likely N-dealkylation sites (tertiary alicyclic amines) is 1. The minimum absolute atomic E-state index is 0.0616. The summed E-state index contributed by atoms with van der Waals surface area (Å²) in [5.74, 6) is -2.54. The normalized spacial score (nSPS) is 34.9. The zero-order chi connectivity index (χ0) is 23.0. The number of rotatable bonds is 10. The van der Waals surface area contributed by atoms with Gasteiger partial charge in [0.15, 0.2) is 0 Å². The molecule has 0 saturated carbocycles. The van der Waals surface area contributed by atoms with Gasteiger partial charge < -0.3 is 24.8 Å². The zero-order valence-electron chi connectivity index (χ0n) is 19.5. The molecule has 176 valence electrons. The first-order valence-corrected chi connectivity index (χ1v) is 11.8. The highest BCUT2D eigenvalue weighted by Gasteiger charge is 2.79. The Bertz CT molecular complexity index is 712. The van der Waals surface area contributed by atoms with Gasteiger partial charge >= 0.3 is 5.97 Å². The van der Waals surface area contributed by atoms with E-state index < -0.39 is 41.1 Å². The van der Waals surface area contributed by atoms with Gasteiger partial charge in [0.25, 0.3) is 0 Å². The molecule has 3 fully saturated rings. The van der Waals surface area contributed by atoms with Crippen molar-refractivity contribution < 1.29 is 29.0 Å². The lowest BCUT2D eigenvalue weighted by Gasteiger charge is -2.38. The highest BCUT2D eigenvalue weighted by atomic mass is 16.6. The van der Waals surface area contributed by atoms with Gasteiger partial charge in [-0.05, 0) is 38.5 Å². The van der Waals surface area contributed by atoms with Gasteiger partial charge in [0.2, 0.25) is 11.8 Å². The molecule has 3 saturated heterocycles. The highest BCUT2D eigenvalue weighted by molar-refractivity contribution is 5.98. The maximum atomic E-state index is 13.8. The Kier molecular flexibility index (Phi) is 7.01. The van der Waals surface area contributed by atoms with Gasteiger partial charge in [-0.2, -0.15) is 0 Å². The topological polar surface area (TPSA) is 105 Å². The Labute approximate surface area is 185 Å². The average Bonchev–Trinajstić information content (AvgIpc) is 3.33. The first-order chi connectivity index (χ1) is 14.7. The zero-order valence-corrected chi connectivity index (χ0v) is 19.5. The van der Waals surface area contributed by atoms with Crippen molar-refractivity contribution in [2.75, 3.05) is 19.8 Å². The second kappa shape index (κ2) is 9.06. The van der Waals surface area contributed by atoms with Crippen LogP contribution in [0.4, 0.5) is 0 Å². The number of nitrogens with zero attached hydrogens (tertiary/aromatic N) is 1. The summed E-state index contributed by atoms with van der Waals surface area (Å²) in [6.07, 6.45) is 3.48. The predicted molar refractivity (Wildman–Crippen MR) is 114 cm³/mol. The summed E-state index contributed by atoms with van der Waals surface area (Å²) in [5.41, 5.74) is -1.85. The van der Waals surface area contributed by atoms with Crippen LogP contribution in [0.25, 0.3) is 0 Å². The summed E-state index contributed by atoms with van der Waals surface area (Å²) in [7, 11) is 0. The Morgan fingerprint density at radius 3 is 2.55 bits per heavy atom. The van der Waals surface area contributed by atoms with Gasteiger partial charge in [0, 0.05) is 6.54 Å². The number of aliphatic hydroxyl groups is 1. The Hall–Kier alpha value is -1.67. The molecule has 8 heteroatoms. The SMILES string of the molecule is CCCCNC(=O)C1N([C@@H](CO)C(C)C)C(=O)[C@@H]2[C@@H](C(=O)OCC)[C@@]3(CC)CCC12O3. The first kappa shape index (κ1) is 24.0. The fourth-order valence-corrected chi connectivity index (χ4v) is 6.01. The molecule has 0 aromatic carbocycles. The third-order valence-corrected chi connectivity index (χ3v) is 7.55. The van der Waals surface area contributed by atoms with E-state index in [2.05, 4.69) is 5.32 Å². The Balaban J connectivity index is 2.08. The lowest BCUT2D eigenvalue weighted by Crippen LogP contribution is -2.59. The molecule has 0 aromatic rings. The van der Waals surface area contributed by atoms with E-state index in [1.807, 2.05) is 27.7 Å². The molecule has 3 aliphatic heterocycles. The van der Waals surface area contributed by atoms with E-state index >= 15 is 0 Å². The van der Waals surface area contributed by atoms with Crippen LogP contribution < -0.4 is 5.32 Å². The summed E-state index contributed by atoms with van der Waals surface area (Å²) in [6.45, 7) is 10.1. The molecule has 2 N–H and O–H groups in total. The Morgan fingerprint density at radius 1 is 1.29 bits per heavy atom. The number of nitrogens with one attached hydrogen (secondary N) is 1. The summed E-state index contributed by atoms with van der Waals surface area (Å²) in [4.78, 5) is 41.9. The van der Waals surface area contributed by atoms with Gasteiger partial charge in [-0.1, -0.05) is 34.1 Å². The lowest BCUT2D eigenvalue weighted by atomic mass is 9.65. The van der Waals surface area contributed by atoms with Crippen LogP contribution in [-0.2, 0) is 23.9 Å². The molecular formula is C23H38N2O6.